The summed E-state index contributed by atoms with van der Waals surface area (Å²) in [6.45, 7) is 13.5. The van der Waals surface area contributed by atoms with Crippen molar-refractivity contribution in [3.8, 4) is 0 Å². The molecule has 2 aliphatic heterocycles. The molecule has 4 nitrogen and oxygen atoms in total. The van der Waals surface area contributed by atoms with Crippen molar-refractivity contribution >= 4 is 6.03 Å². The Labute approximate surface area is 115 Å². The van der Waals surface area contributed by atoms with Gasteiger partial charge in [0.25, 0.3) is 0 Å². The second kappa shape index (κ2) is 5.37. The lowest BCUT2D eigenvalue weighted by Gasteiger charge is -2.41. The third-order valence-corrected chi connectivity index (χ3v) is 3.84. The van der Waals surface area contributed by atoms with Gasteiger partial charge in [-0.1, -0.05) is 18.2 Å². The maximum Gasteiger partial charge on any atom is 0.320 e. The number of morpholine rings is 1. The number of rotatable bonds is 1. The Morgan fingerprint density at radius 1 is 1.37 bits per heavy atom. The summed E-state index contributed by atoms with van der Waals surface area (Å²) in [6.07, 6.45) is 2.82. The molecule has 0 aliphatic carbocycles. The van der Waals surface area contributed by atoms with Gasteiger partial charge in [-0.15, -0.1) is 0 Å². The molecule has 0 atom stereocenters. The van der Waals surface area contributed by atoms with Crippen molar-refractivity contribution in [2.24, 2.45) is 0 Å². The average molecular weight is 264 g/mol. The molecule has 0 radical (unpaired) electrons. The van der Waals surface area contributed by atoms with Gasteiger partial charge in [-0.2, -0.15) is 0 Å². The molecule has 2 aliphatic rings. The first kappa shape index (κ1) is 14.1. The summed E-state index contributed by atoms with van der Waals surface area (Å²) >= 11 is 0. The van der Waals surface area contributed by atoms with Crippen LogP contribution < -0.4 is 0 Å². The maximum atomic E-state index is 12.5. The van der Waals surface area contributed by atoms with Crippen molar-refractivity contribution in [2.75, 3.05) is 32.8 Å². The highest BCUT2D eigenvalue weighted by Crippen LogP contribution is 2.22. The first-order chi connectivity index (χ1) is 8.93. The van der Waals surface area contributed by atoms with E-state index in [2.05, 4.69) is 13.5 Å². The highest BCUT2D eigenvalue weighted by atomic mass is 16.5. The number of ether oxygens (including phenoxy) is 1. The van der Waals surface area contributed by atoms with Gasteiger partial charge in [-0.25, -0.2) is 4.79 Å². The molecule has 2 amide bonds. The molecular formula is C15H24N2O2. The van der Waals surface area contributed by atoms with Gasteiger partial charge in [0.2, 0.25) is 0 Å². The van der Waals surface area contributed by atoms with Gasteiger partial charge in [0.1, 0.15) is 0 Å². The van der Waals surface area contributed by atoms with Crippen LogP contribution in [0.25, 0.3) is 0 Å². The van der Waals surface area contributed by atoms with Gasteiger partial charge in [0.05, 0.1) is 18.8 Å². The number of nitrogens with zero attached hydrogens (tertiary/aromatic N) is 2. The van der Waals surface area contributed by atoms with Gasteiger partial charge >= 0.3 is 6.03 Å². The quantitative estimate of drug-likeness (QED) is 0.728. The zero-order valence-corrected chi connectivity index (χ0v) is 12.2. The predicted octanol–water partition coefficient (Wildman–Crippen LogP) is 2.43. The van der Waals surface area contributed by atoms with Crippen LogP contribution in [0.2, 0.25) is 0 Å². The summed E-state index contributed by atoms with van der Waals surface area (Å²) in [7, 11) is 0. The summed E-state index contributed by atoms with van der Waals surface area (Å²) in [6, 6.07) is 0.138. The Bertz CT molecular complexity index is 412. The average Bonchev–Trinajstić information content (AvgIpc) is 2.36. The number of hydrogen-bond acceptors (Lipinski definition) is 2. The van der Waals surface area contributed by atoms with E-state index in [4.69, 9.17) is 4.74 Å². The third-order valence-electron chi connectivity index (χ3n) is 3.84. The summed E-state index contributed by atoms with van der Waals surface area (Å²) in [5.41, 5.74) is 2.30. The summed E-state index contributed by atoms with van der Waals surface area (Å²) in [5.74, 6) is 0. The molecule has 0 spiro atoms. The Balaban J connectivity index is 2.01. The van der Waals surface area contributed by atoms with Crippen LogP contribution >= 0.6 is 0 Å². The van der Waals surface area contributed by atoms with Crippen molar-refractivity contribution in [1.82, 2.24) is 9.80 Å². The Kier molecular flexibility index (Phi) is 3.99. The van der Waals surface area contributed by atoms with Crippen LogP contribution in [0, 0.1) is 0 Å². The van der Waals surface area contributed by atoms with E-state index >= 15 is 0 Å². The molecule has 4 heteroatoms. The lowest BCUT2D eigenvalue weighted by atomic mass is 10.0. The van der Waals surface area contributed by atoms with Crippen molar-refractivity contribution in [1.29, 1.82) is 0 Å². The van der Waals surface area contributed by atoms with Crippen LogP contribution in [0.5, 0.6) is 0 Å². The predicted molar refractivity (Wildman–Crippen MR) is 76.1 cm³/mol. The highest BCUT2D eigenvalue weighted by molar-refractivity contribution is 5.75. The van der Waals surface area contributed by atoms with Crippen LogP contribution in [0.3, 0.4) is 0 Å². The van der Waals surface area contributed by atoms with Crippen LogP contribution in [-0.2, 0) is 4.74 Å². The molecule has 2 heterocycles. The summed E-state index contributed by atoms with van der Waals surface area (Å²) in [5, 5.41) is 0. The number of amides is 2. The Hall–Kier alpha value is -1.29. The molecule has 106 valence electrons. The zero-order chi connectivity index (χ0) is 14.0. The number of allylic oxidation sites excluding steroid dienone is 1. The maximum absolute atomic E-state index is 12.5. The van der Waals surface area contributed by atoms with Crippen LogP contribution in [-0.4, -0.2) is 54.2 Å². The Morgan fingerprint density at radius 2 is 2.11 bits per heavy atom. The number of urea groups is 1. The highest BCUT2D eigenvalue weighted by Gasteiger charge is 2.32. The first-order valence-electron chi connectivity index (χ1n) is 6.92. The molecule has 0 saturated carbocycles. The molecule has 0 N–H and O–H groups in total. The number of carbonyl (C=O) groups excluding carboxylic acids is 1. The molecule has 0 aromatic rings. The second-order valence-corrected chi connectivity index (χ2v) is 5.99. The van der Waals surface area contributed by atoms with Crippen molar-refractivity contribution < 1.29 is 9.53 Å². The molecule has 0 unspecified atom stereocenters. The van der Waals surface area contributed by atoms with Gasteiger partial charge in [0, 0.05) is 19.6 Å². The monoisotopic (exact) mass is 264 g/mol. The van der Waals surface area contributed by atoms with E-state index in [9.17, 15) is 4.79 Å². The molecular weight excluding hydrogens is 240 g/mol. The lowest BCUT2D eigenvalue weighted by Crippen LogP contribution is -2.55. The SMILES string of the molecule is C=CC1=C(C)CN(C(=O)N2CCOC(C)(C)C2)CC1. The molecule has 2 rings (SSSR count). The largest absolute Gasteiger partial charge is 0.372 e. The molecule has 0 bridgehead atoms. The van der Waals surface area contributed by atoms with E-state index in [1.807, 2.05) is 29.7 Å². The summed E-state index contributed by atoms with van der Waals surface area (Å²) in [4.78, 5) is 16.4. The minimum Gasteiger partial charge on any atom is -0.372 e. The smallest absolute Gasteiger partial charge is 0.320 e. The van der Waals surface area contributed by atoms with E-state index in [1.165, 1.54) is 11.1 Å². The van der Waals surface area contributed by atoms with E-state index in [0.29, 0.717) is 19.7 Å². The normalized spacial score (nSPS) is 23.5. The molecule has 19 heavy (non-hydrogen) atoms. The van der Waals surface area contributed by atoms with Crippen molar-refractivity contribution in [3.05, 3.63) is 23.8 Å². The number of carbonyl (C=O) groups is 1. The summed E-state index contributed by atoms with van der Waals surface area (Å²) < 4.78 is 5.65. The molecule has 0 aromatic carbocycles. The second-order valence-electron chi connectivity index (χ2n) is 5.99. The molecule has 1 saturated heterocycles. The van der Waals surface area contributed by atoms with Crippen molar-refractivity contribution in [3.63, 3.8) is 0 Å². The lowest BCUT2D eigenvalue weighted by molar-refractivity contribution is -0.0763. The fourth-order valence-corrected chi connectivity index (χ4v) is 2.76. The van der Waals surface area contributed by atoms with E-state index in [1.54, 1.807) is 0 Å². The van der Waals surface area contributed by atoms with Gasteiger partial charge in [0.15, 0.2) is 0 Å². The fourth-order valence-electron chi connectivity index (χ4n) is 2.76. The minimum atomic E-state index is -0.235. The van der Waals surface area contributed by atoms with E-state index in [-0.39, 0.29) is 11.6 Å². The van der Waals surface area contributed by atoms with E-state index < -0.39 is 0 Å². The number of hydrogen-bond donors (Lipinski definition) is 0. The van der Waals surface area contributed by atoms with Gasteiger partial charge in [-0.3, -0.25) is 0 Å². The van der Waals surface area contributed by atoms with Crippen LogP contribution in [0.4, 0.5) is 4.79 Å². The van der Waals surface area contributed by atoms with Gasteiger partial charge < -0.3 is 14.5 Å². The Morgan fingerprint density at radius 3 is 2.68 bits per heavy atom. The minimum absolute atomic E-state index is 0.138. The third kappa shape index (κ3) is 3.18. The van der Waals surface area contributed by atoms with Gasteiger partial charge in [-0.05, 0) is 32.8 Å². The van der Waals surface area contributed by atoms with Crippen molar-refractivity contribution in [2.45, 2.75) is 32.8 Å². The molecule has 1 fully saturated rings. The fraction of sp³-hybridized carbons (Fsp3) is 0.667. The van der Waals surface area contributed by atoms with Crippen LogP contribution in [0.15, 0.2) is 23.8 Å². The molecule has 0 aromatic heterocycles. The zero-order valence-electron chi connectivity index (χ0n) is 12.2. The first-order valence-corrected chi connectivity index (χ1v) is 6.92. The van der Waals surface area contributed by atoms with E-state index in [0.717, 1.165) is 19.5 Å². The standard InChI is InChI=1S/C15H24N2O2/c1-5-13-6-7-16(10-12(13)2)14(18)17-8-9-19-15(3,4)11-17/h5H,1,6-11H2,2-4H3. The van der Waals surface area contributed by atoms with Crippen LogP contribution in [0.1, 0.15) is 27.2 Å². The topological polar surface area (TPSA) is 32.8 Å².